The Morgan fingerprint density at radius 1 is 1.33 bits per heavy atom. The normalized spacial score (nSPS) is 17.2. The first-order valence-corrected chi connectivity index (χ1v) is 8.39. The van der Waals surface area contributed by atoms with Gasteiger partial charge in [0.2, 0.25) is 5.91 Å². The Morgan fingerprint density at radius 2 is 2.00 bits per heavy atom. The summed E-state index contributed by atoms with van der Waals surface area (Å²) in [6.45, 7) is 4.48. The van der Waals surface area contributed by atoms with Gasteiger partial charge < -0.3 is 10.1 Å². The second-order valence-electron chi connectivity index (χ2n) is 5.74. The third-order valence-corrected chi connectivity index (χ3v) is 4.33. The fourth-order valence-electron chi connectivity index (χ4n) is 2.74. The van der Waals surface area contributed by atoms with E-state index >= 15 is 0 Å². The summed E-state index contributed by atoms with van der Waals surface area (Å²) in [5.41, 5.74) is 0.952. The van der Waals surface area contributed by atoms with E-state index in [0.717, 1.165) is 31.7 Å². The van der Waals surface area contributed by atoms with Gasteiger partial charge in [0.1, 0.15) is 6.04 Å². The molecule has 1 aliphatic rings. The van der Waals surface area contributed by atoms with Gasteiger partial charge in [-0.25, -0.2) is 0 Å². The maximum absolute atomic E-state index is 11.8. The summed E-state index contributed by atoms with van der Waals surface area (Å²) in [7, 11) is 1.61. The average Bonchev–Trinajstić information content (AvgIpc) is 2.59. The number of hydrogen-bond donors (Lipinski definition) is 1. The van der Waals surface area contributed by atoms with Crippen molar-refractivity contribution in [1.29, 1.82) is 5.26 Å². The third kappa shape index (κ3) is 5.46. The number of nitrogens with zero attached hydrogens (tertiary/aromatic N) is 3. The topological polar surface area (TPSA) is 68.6 Å². The number of methoxy groups -OCH3 is 1. The number of nitrogens with one attached hydrogen (secondary N) is 1. The molecule has 24 heavy (non-hydrogen) atoms. The molecule has 1 N–H and O–H groups in total. The van der Waals surface area contributed by atoms with Crippen LogP contribution in [-0.2, 0) is 9.53 Å². The predicted octanol–water partition coefficient (Wildman–Crippen LogP) is 1.28. The molecule has 1 aliphatic heterocycles. The van der Waals surface area contributed by atoms with Crippen LogP contribution in [0.2, 0.25) is 5.02 Å². The predicted molar refractivity (Wildman–Crippen MR) is 92.7 cm³/mol. The number of hydrogen-bond acceptors (Lipinski definition) is 5. The first-order valence-electron chi connectivity index (χ1n) is 8.01. The lowest BCUT2D eigenvalue weighted by Gasteiger charge is -2.36. The second-order valence-corrected chi connectivity index (χ2v) is 6.17. The van der Waals surface area contributed by atoms with E-state index in [1.165, 1.54) is 0 Å². The van der Waals surface area contributed by atoms with Crippen molar-refractivity contribution in [2.75, 3.05) is 53.0 Å². The lowest BCUT2D eigenvalue weighted by molar-refractivity contribution is -0.122. The largest absolute Gasteiger partial charge is 0.383 e. The maximum atomic E-state index is 11.8. The zero-order valence-electron chi connectivity index (χ0n) is 13.9. The highest BCUT2D eigenvalue weighted by atomic mass is 35.5. The number of nitriles is 1. The van der Waals surface area contributed by atoms with Gasteiger partial charge in [0.25, 0.3) is 0 Å². The van der Waals surface area contributed by atoms with Gasteiger partial charge in [-0.05, 0) is 17.7 Å². The van der Waals surface area contributed by atoms with E-state index in [9.17, 15) is 10.1 Å². The van der Waals surface area contributed by atoms with Crippen molar-refractivity contribution in [2.24, 2.45) is 0 Å². The average molecular weight is 351 g/mol. The summed E-state index contributed by atoms with van der Waals surface area (Å²) in [5, 5.41) is 13.0. The van der Waals surface area contributed by atoms with E-state index in [2.05, 4.69) is 21.2 Å². The Bertz CT molecular complexity index is 565. The standard InChI is InChI=1S/C17H23ClN4O2/c1-24-11-6-20-17(23)13-21-7-9-22(10-8-21)16(12-19)14-2-4-15(18)5-3-14/h2-5,16H,6-11,13H2,1H3,(H,20,23)/t16-/m1/s1. The quantitative estimate of drug-likeness (QED) is 0.750. The van der Waals surface area contributed by atoms with Crippen molar-refractivity contribution >= 4 is 17.5 Å². The van der Waals surface area contributed by atoms with Crippen LogP contribution in [0.4, 0.5) is 0 Å². The number of ether oxygens (including phenoxy) is 1. The van der Waals surface area contributed by atoms with Gasteiger partial charge in [-0.3, -0.25) is 14.6 Å². The maximum Gasteiger partial charge on any atom is 0.234 e. The van der Waals surface area contributed by atoms with Crippen molar-refractivity contribution in [3.8, 4) is 6.07 Å². The molecule has 1 heterocycles. The minimum absolute atomic E-state index is 0.00929. The van der Waals surface area contributed by atoms with Crippen LogP contribution in [0.5, 0.6) is 0 Å². The number of halogens is 1. The summed E-state index contributed by atoms with van der Waals surface area (Å²) < 4.78 is 4.91. The third-order valence-electron chi connectivity index (χ3n) is 4.08. The second kappa shape index (κ2) is 9.60. The number of rotatable bonds is 7. The molecule has 0 saturated carbocycles. The van der Waals surface area contributed by atoms with Crippen molar-refractivity contribution in [3.05, 3.63) is 34.9 Å². The minimum Gasteiger partial charge on any atom is -0.383 e. The highest BCUT2D eigenvalue weighted by Gasteiger charge is 2.25. The highest BCUT2D eigenvalue weighted by molar-refractivity contribution is 6.30. The van der Waals surface area contributed by atoms with Gasteiger partial charge in [-0.1, -0.05) is 23.7 Å². The smallest absolute Gasteiger partial charge is 0.234 e. The molecule has 0 radical (unpaired) electrons. The number of carbonyl (C=O) groups excluding carboxylic acids is 1. The number of amides is 1. The van der Waals surface area contributed by atoms with Gasteiger partial charge in [0.05, 0.1) is 19.2 Å². The molecule has 1 saturated heterocycles. The van der Waals surface area contributed by atoms with Gasteiger partial charge in [-0.2, -0.15) is 5.26 Å². The Balaban J connectivity index is 1.82. The fraction of sp³-hybridized carbons (Fsp3) is 0.529. The van der Waals surface area contributed by atoms with Crippen LogP contribution >= 0.6 is 11.6 Å². The first kappa shape index (κ1) is 18.7. The molecule has 0 aliphatic carbocycles. The summed E-state index contributed by atoms with van der Waals surface area (Å²) in [4.78, 5) is 16.1. The Hall–Kier alpha value is -1.65. The van der Waals surface area contributed by atoms with E-state index in [1.54, 1.807) is 7.11 Å². The van der Waals surface area contributed by atoms with E-state index in [4.69, 9.17) is 16.3 Å². The van der Waals surface area contributed by atoms with E-state index in [0.29, 0.717) is 24.7 Å². The molecule has 0 aromatic heterocycles. The van der Waals surface area contributed by atoms with Crippen LogP contribution in [-0.4, -0.2) is 68.7 Å². The van der Waals surface area contributed by atoms with Crippen LogP contribution in [0.1, 0.15) is 11.6 Å². The Labute approximate surface area is 147 Å². The summed E-state index contributed by atoms with van der Waals surface area (Å²) in [6.07, 6.45) is 0. The molecule has 1 amide bonds. The van der Waals surface area contributed by atoms with E-state index < -0.39 is 0 Å². The highest BCUT2D eigenvalue weighted by Crippen LogP contribution is 2.23. The lowest BCUT2D eigenvalue weighted by Crippen LogP contribution is -2.50. The zero-order valence-corrected chi connectivity index (χ0v) is 14.6. The molecule has 1 atom stereocenters. The van der Waals surface area contributed by atoms with Crippen molar-refractivity contribution in [1.82, 2.24) is 15.1 Å². The molecule has 6 nitrogen and oxygen atoms in total. The van der Waals surface area contributed by atoms with Crippen LogP contribution < -0.4 is 5.32 Å². The molecule has 1 aromatic carbocycles. The number of piperazine rings is 1. The molecule has 0 bridgehead atoms. The zero-order chi connectivity index (χ0) is 17.4. The SMILES string of the molecule is COCCNC(=O)CN1CCN([C@H](C#N)c2ccc(Cl)cc2)CC1. The van der Waals surface area contributed by atoms with Crippen molar-refractivity contribution in [3.63, 3.8) is 0 Å². The van der Waals surface area contributed by atoms with Crippen molar-refractivity contribution in [2.45, 2.75) is 6.04 Å². The monoisotopic (exact) mass is 350 g/mol. The van der Waals surface area contributed by atoms with Gasteiger partial charge in [-0.15, -0.1) is 0 Å². The minimum atomic E-state index is -0.278. The molecular weight excluding hydrogens is 328 g/mol. The fourth-order valence-corrected chi connectivity index (χ4v) is 2.87. The Morgan fingerprint density at radius 3 is 2.58 bits per heavy atom. The van der Waals surface area contributed by atoms with Crippen LogP contribution in [0.25, 0.3) is 0 Å². The molecule has 2 rings (SSSR count). The number of carbonyl (C=O) groups is 1. The molecule has 1 fully saturated rings. The molecule has 130 valence electrons. The van der Waals surface area contributed by atoms with Crippen molar-refractivity contribution < 1.29 is 9.53 Å². The lowest BCUT2D eigenvalue weighted by atomic mass is 10.1. The molecular formula is C17H23ClN4O2. The molecule has 0 spiro atoms. The molecule has 7 heteroatoms. The molecule has 1 aromatic rings. The summed E-state index contributed by atoms with van der Waals surface area (Å²) in [5.74, 6) is 0.00929. The van der Waals surface area contributed by atoms with Gasteiger partial charge >= 0.3 is 0 Å². The molecule has 0 unspecified atom stereocenters. The van der Waals surface area contributed by atoms with Crippen LogP contribution in [0.15, 0.2) is 24.3 Å². The number of benzene rings is 1. The van der Waals surface area contributed by atoms with Gasteiger partial charge in [0.15, 0.2) is 0 Å². The van der Waals surface area contributed by atoms with Crippen LogP contribution in [0.3, 0.4) is 0 Å². The van der Waals surface area contributed by atoms with Crippen LogP contribution in [0, 0.1) is 11.3 Å². The summed E-state index contributed by atoms with van der Waals surface area (Å²) in [6, 6.07) is 9.49. The van der Waals surface area contributed by atoms with Gasteiger partial charge in [0, 0.05) is 44.9 Å². The Kier molecular flexibility index (Phi) is 7.47. The first-order chi connectivity index (χ1) is 11.6. The van der Waals surface area contributed by atoms with E-state index in [1.807, 2.05) is 24.3 Å². The summed E-state index contributed by atoms with van der Waals surface area (Å²) >= 11 is 5.91. The van der Waals surface area contributed by atoms with E-state index in [-0.39, 0.29) is 11.9 Å².